The molecule has 1 aliphatic heterocycles. The van der Waals surface area contributed by atoms with E-state index in [1.165, 1.54) is 12.1 Å². The zero-order chi connectivity index (χ0) is 14.7. The number of rotatable bonds is 3. The molecule has 2 aromatic rings. The summed E-state index contributed by atoms with van der Waals surface area (Å²) < 4.78 is 19.3. The smallest absolute Gasteiger partial charge is 0.145 e. The number of nitrogens with zero attached hydrogens (tertiary/aromatic N) is 2. The van der Waals surface area contributed by atoms with Crippen molar-refractivity contribution in [3.8, 4) is 11.5 Å². The van der Waals surface area contributed by atoms with Crippen LogP contribution in [0.15, 0.2) is 66.8 Å². The average molecular weight is 284 g/mol. The van der Waals surface area contributed by atoms with Gasteiger partial charge in [0.2, 0.25) is 0 Å². The van der Waals surface area contributed by atoms with Gasteiger partial charge in [0.05, 0.1) is 6.20 Å². The van der Waals surface area contributed by atoms with Crippen LogP contribution < -0.4 is 9.64 Å². The molecule has 0 aliphatic carbocycles. The van der Waals surface area contributed by atoms with E-state index in [9.17, 15) is 9.50 Å². The molecule has 0 radical (unpaired) electrons. The van der Waals surface area contributed by atoms with E-state index in [0.29, 0.717) is 23.7 Å². The molecule has 0 fully saturated rings. The molecule has 4 nitrogen and oxygen atoms in total. The van der Waals surface area contributed by atoms with Gasteiger partial charge in [-0.1, -0.05) is 6.08 Å². The van der Waals surface area contributed by atoms with Gasteiger partial charge in [-0.2, -0.15) is 0 Å². The minimum absolute atomic E-state index is 0.125. The number of anilines is 1. The molecule has 0 amide bonds. The number of aliphatic hydroxyl groups is 1. The summed E-state index contributed by atoms with van der Waals surface area (Å²) in [4.78, 5) is 5.68. The molecule has 0 bridgehead atoms. The maximum atomic E-state index is 13.8. The maximum absolute atomic E-state index is 13.8. The summed E-state index contributed by atoms with van der Waals surface area (Å²) in [7, 11) is 0. The van der Waals surface area contributed by atoms with Crippen LogP contribution >= 0.6 is 0 Å². The Morgan fingerprint density at radius 3 is 2.90 bits per heavy atom. The fourth-order valence-corrected chi connectivity index (χ4v) is 2.04. The van der Waals surface area contributed by atoms with Gasteiger partial charge >= 0.3 is 0 Å². The van der Waals surface area contributed by atoms with E-state index in [-0.39, 0.29) is 5.76 Å². The van der Waals surface area contributed by atoms with Gasteiger partial charge in [0.15, 0.2) is 0 Å². The lowest BCUT2D eigenvalue weighted by molar-refractivity contribution is 0.427. The van der Waals surface area contributed by atoms with Crippen molar-refractivity contribution in [1.82, 2.24) is 4.98 Å². The Bertz CT molecular complexity index is 699. The van der Waals surface area contributed by atoms with Crippen molar-refractivity contribution in [2.75, 3.05) is 11.4 Å². The van der Waals surface area contributed by atoms with E-state index in [1.807, 2.05) is 0 Å². The standard InChI is InChI=1S/C16H13FN2O2/c17-12-7-13(19-6-2-3-14(20)11-19)9-16(8-12)21-15-4-1-5-18-10-15/h1-5,7-11,20H,6H2. The fraction of sp³-hybridized carbons (Fsp3) is 0.0625. The third kappa shape index (κ3) is 3.20. The van der Waals surface area contributed by atoms with Crippen LogP contribution in [0.5, 0.6) is 11.5 Å². The van der Waals surface area contributed by atoms with Gasteiger partial charge in [-0.25, -0.2) is 4.39 Å². The molecule has 0 atom stereocenters. The quantitative estimate of drug-likeness (QED) is 0.931. The first kappa shape index (κ1) is 13.2. The van der Waals surface area contributed by atoms with E-state index < -0.39 is 5.82 Å². The molecule has 0 saturated carbocycles. The Hall–Kier alpha value is -2.82. The monoisotopic (exact) mass is 284 g/mol. The Balaban J connectivity index is 1.88. The number of aliphatic hydroxyl groups excluding tert-OH is 1. The van der Waals surface area contributed by atoms with E-state index in [1.54, 1.807) is 53.8 Å². The summed E-state index contributed by atoms with van der Waals surface area (Å²) in [5, 5.41) is 9.51. The number of allylic oxidation sites excluding steroid dienone is 1. The summed E-state index contributed by atoms with van der Waals surface area (Å²) in [6.07, 6.45) is 8.13. The van der Waals surface area contributed by atoms with Gasteiger partial charge in [0, 0.05) is 36.8 Å². The Morgan fingerprint density at radius 1 is 1.24 bits per heavy atom. The van der Waals surface area contributed by atoms with Crippen molar-refractivity contribution in [1.29, 1.82) is 0 Å². The Morgan fingerprint density at radius 2 is 2.14 bits per heavy atom. The van der Waals surface area contributed by atoms with Crippen LogP contribution in [-0.2, 0) is 0 Å². The van der Waals surface area contributed by atoms with E-state index >= 15 is 0 Å². The lowest BCUT2D eigenvalue weighted by atomic mass is 10.2. The lowest BCUT2D eigenvalue weighted by Gasteiger charge is -2.22. The highest BCUT2D eigenvalue weighted by Crippen LogP contribution is 2.28. The predicted molar refractivity (Wildman–Crippen MR) is 77.9 cm³/mol. The lowest BCUT2D eigenvalue weighted by Crippen LogP contribution is -2.19. The van der Waals surface area contributed by atoms with Crippen molar-refractivity contribution in [3.63, 3.8) is 0 Å². The van der Waals surface area contributed by atoms with Crippen molar-refractivity contribution < 1.29 is 14.2 Å². The molecule has 1 aliphatic rings. The number of ether oxygens (including phenoxy) is 1. The summed E-state index contributed by atoms with van der Waals surface area (Å²) in [6.45, 7) is 0.555. The SMILES string of the molecule is OC1=CN(c2cc(F)cc(Oc3cccnc3)c2)CC=C1. The molecule has 0 unspecified atom stereocenters. The fourth-order valence-electron chi connectivity index (χ4n) is 2.04. The number of hydrogen-bond acceptors (Lipinski definition) is 4. The van der Waals surface area contributed by atoms with Crippen molar-refractivity contribution in [3.05, 3.63) is 72.7 Å². The second kappa shape index (κ2) is 5.66. The first-order valence-electron chi connectivity index (χ1n) is 6.43. The molecule has 21 heavy (non-hydrogen) atoms. The molecule has 0 saturated heterocycles. The molecular weight excluding hydrogens is 271 g/mol. The van der Waals surface area contributed by atoms with Crippen LogP contribution in [0.3, 0.4) is 0 Å². The second-order valence-corrected chi connectivity index (χ2v) is 4.54. The van der Waals surface area contributed by atoms with Gasteiger partial charge in [-0.15, -0.1) is 0 Å². The first-order chi connectivity index (χ1) is 10.2. The van der Waals surface area contributed by atoms with E-state index in [2.05, 4.69) is 4.98 Å². The minimum Gasteiger partial charge on any atom is -0.506 e. The van der Waals surface area contributed by atoms with Gasteiger partial charge in [-0.05, 0) is 24.3 Å². The number of halogens is 1. The van der Waals surface area contributed by atoms with E-state index in [0.717, 1.165) is 0 Å². The maximum Gasteiger partial charge on any atom is 0.145 e. The third-order valence-electron chi connectivity index (χ3n) is 2.94. The molecule has 2 heterocycles. The molecule has 3 rings (SSSR count). The zero-order valence-electron chi connectivity index (χ0n) is 11.1. The van der Waals surface area contributed by atoms with Crippen LogP contribution in [-0.4, -0.2) is 16.6 Å². The van der Waals surface area contributed by atoms with Crippen LogP contribution in [0.2, 0.25) is 0 Å². The molecule has 1 N–H and O–H groups in total. The highest BCUT2D eigenvalue weighted by molar-refractivity contribution is 5.56. The average Bonchev–Trinajstić information content (AvgIpc) is 2.48. The van der Waals surface area contributed by atoms with Crippen LogP contribution in [0.4, 0.5) is 10.1 Å². The Kier molecular flexibility index (Phi) is 3.55. The minimum atomic E-state index is -0.408. The zero-order valence-corrected chi connectivity index (χ0v) is 11.1. The summed E-state index contributed by atoms with van der Waals surface area (Å²) in [6, 6.07) is 7.89. The van der Waals surface area contributed by atoms with Crippen molar-refractivity contribution in [2.45, 2.75) is 0 Å². The number of hydrogen-bond donors (Lipinski definition) is 1. The summed E-state index contributed by atoms with van der Waals surface area (Å²) >= 11 is 0. The van der Waals surface area contributed by atoms with E-state index in [4.69, 9.17) is 4.74 Å². The molecule has 1 aromatic heterocycles. The highest BCUT2D eigenvalue weighted by atomic mass is 19.1. The topological polar surface area (TPSA) is 45.6 Å². The number of pyridine rings is 1. The highest BCUT2D eigenvalue weighted by Gasteiger charge is 2.11. The predicted octanol–water partition coefficient (Wildman–Crippen LogP) is 3.79. The molecular formula is C16H13FN2O2. The Labute approximate surface area is 121 Å². The van der Waals surface area contributed by atoms with Gasteiger partial charge < -0.3 is 14.7 Å². The number of aromatic nitrogens is 1. The molecule has 5 heteroatoms. The number of benzene rings is 1. The molecule has 0 spiro atoms. The van der Waals surface area contributed by atoms with Crippen molar-refractivity contribution >= 4 is 5.69 Å². The largest absolute Gasteiger partial charge is 0.506 e. The second-order valence-electron chi connectivity index (χ2n) is 4.54. The van der Waals surface area contributed by atoms with Gasteiger partial charge in [-0.3, -0.25) is 4.98 Å². The van der Waals surface area contributed by atoms with Gasteiger partial charge in [0.1, 0.15) is 23.1 Å². The normalized spacial score (nSPS) is 14.0. The third-order valence-corrected chi connectivity index (χ3v) is 2.94. The first-order valence-corrected chi connectivity index (χ1v) is 6.43. The van der Waals surface area contributed by atoms with Crippen molar-refractivity contribution in [2.24, 2.45) is 0 Å². The van der Waals surface area contributed by atoms with Crippen LogP contribution in [0.1, 0.15) is 0 Å². The summed E-state index contributed by atoms with van der Waals surface area (Å²) in [5.41, 5.74) is 0.602. The summed E-state index contributed by atoms with van der Waals surface area (Å²) in [5.74, 6) is 0.625. The molecule has 1 aromatic carbocycles. The van der Waals surface area contributed by atoms with Crippen LogP contribution in [0, 0.1) is 5.82 Å². The molecule has 106 valence electrons. The van der Waals surface area contributed by atoms with Gasteiger partial charge in [0.25, 0.3) is 0 Å². The van der Waals surface area contributed by atoms with Crippen LogP contribution in [0.25, 0.3) is 0 Å².